The molecule has 5 nitrogen and oxygen atoms in total. The van der Waals surface area contributed by atoms with E-state index in [-0.39, 0.29) is 16.1 Å². The van der Waals surface area contributed by atoms with E-state index in [9.17, 15) is 9.59 Å². The second-order valence-electron chi connectivity index (χ2n) is 12.4. The molecular weight excluding hydrogens is 573 g/mol. The standard InChI is InChI=1S/C36H72O5SSi/c1-6-11-16-18-19-20-21-22-24-26-28-35(37)36(38)42-34(27-25-23-17-12-7-2)29-33-43(39-30-13-8-3,40-31-14-9-4)41-32-15-10-5/h34H,6-33H2,1-5H3. The van der Waals surface area contributed by atoms with Crippen molar-refractivity contribution in [3.63, 3.8) is 0 Å². The van der Waals surface area contributed by atoms with Crippen LogP contribution in [0.15, 0.2) is 0 Å². The lowest BCUT2D eigenvalue weighted by Gasteiger charge is -2.31. The second kappa shape index (κ2) is 31.8. The van der Waals surface area contributed by atoms with Gasteiger partial charge in [-0.25, -0.2) is 0 Å². The van der Waals surface area contributed by atoms with Crippen LogP contribution in [-0.4, -0.2) is 44.8 Å². The normalized spacial score (nSPS) is 12.6. The number of unbranched alkanes of at least 4 members (excludes halogenated alkanes) is 16. The summed E-state index contributed by atoms with van der Waals surface area (Å²) in [5.41, 5.74) is 0. The van der Waals surface area contributed by atoms with Gasteiger partial charge in [-0.05, 0) is 38.5 Å². The Hall–Kier alpha value is -0.213. The Balaban J connectivity index is 5.06. The first-order valence-corrected chi connectivity index (χ1v) is 21.4. The predicted molar refractivity (Wildman–Crippen MR) is 189 cm³/mol. The summed E-state index contributed by atoms with van der Waals surface area (Å²) in [5.74, 6) is -0.193. The van der Waals surface area contributed by atoms with Crippen LogP contribution in [0.1, 0.15) is 189 Å². The first kappa shape index (κ1) is 42.8. The molecule has 0 aromatic heterocycles. The maximum atomic E-state index is 13.1. The highest BCUT2D eigenvalue weighted by molar-refractivity contribution is 8.15. The van der Waals surface area contributed by atoms with E-state index in [1.165, 1.54) is 88.8 Å². The molecule has 0 saturated carbocycles. The summed E-state index contributed by atoms with van der Waals surface area (Å²) in [6.07, 6.45) is 26.6. The summed E-state index contributed by atoms with van der Waals surface area (Å²) in [4.78, 5) is 25.9. The molecular formula is C36H72O5SSi. The Kier molecular flexibility index (Phi) is 31.6. The Morgan fingerprint density at radius 1 is 0.512 bits per heavy atom. The summed E-state index contributed by atoms with van der Waals surface area (Å²) in [7, 11) is -2.86. The Labute approximate surface area is 273 Å². The molecule has 0 amide bonds. The van der Waals surface area contributed by atoms with Gasteiger partial charge in [0.1, 0.15) is 0 Å². The smallest absolute Gasteiger partial charge is 0.373 e. The number of Topliss-reactive ketones (excluding diaryl/α,β-unsaturated/α-hetero) is 1. The average molecular weight is 645 g/mol. The maximum Gasteiger partial charge on any atom is 0.500 e. The number of carbonyl (C=O) groups is 2. The monoisotopic (exact) mass is 644 g/mol. The van der Waals surface area contributed by atoms with Crippen LogP contribution in [0.4, 0.5) is 0 Å². The zero-order valence-electron chi connectivity index (χ0n) is 29.3. The highest BCUT2D eigenvalue weighted by atomic mass is 32.2. The Morgan fingerprint density at radius 3 is 1.35 bits per heavy atom. The van der Waals surface area contributed by atoms with E-state index >= 15 is 0 Å². The quantitative estimate of drug-likeness (QED) is 0.0394. The van der Waals surface area contributed by atoms with Crippen molar-refractivity contribution < 1.29 is 22.9 Å². The third kappa shape index (κ3) is 25.6. The van der Waals surface area contributed by atoms with Crippen LogP contribution >= 0.6 is 11.8 Å². The highest BCUT2D eigenvalue weighted by Gasteiger charge is 2.41. The number of rotatable bonds is 34. The van der Waals surface area contributed by atoms with E-state index in [4.69, 9.17) is 13.3 Å². The van der Waals surface area contributed by atoms with Gasteiger partial charge in [0.05, 0.1) is 0 Å². The molecule has 0 aromatic rings. The van der Waals surface area contributed by atoms with Crippen LogP contribution in [0.2, 0.25) is 6.04 Å². The lowest BCUT2D eigenvalue weighted by atomic mass is 10.1. The molecule has 7 heteroatoms. The molecule has 0 rings (SSSR count). The Bertz CT molecular complexity index is 606. The summed E-state index contributed by atoms with van der Waals surface area (Å²) < 4.78 is 19.4. The van der Waals surface area contributed by atoms with Crippen LogP contribution in [0, 0.1) is 0 Å². The minimum Gasteiger partial charge on any atom is -0.373 e. The van der Waals surface area contributed by atoms with Crippen molar-refractivity contribution in [2.45, 2.75) is 200 Å². The molecule has 0 N–H and O–H groups in total. The van der Waals surface area contributed by atoms with Crippen molar-refractivity contribution in [3.05, 3.63) is 0 Å². The van der Waals surface area contributed by atoms with Gasteiger partial charge in [-0.1, -0.05) is 156 Å². The molecule has 0 aliphatic heterocycles. The third-order valence-electron chi connectivity index (χ3n) is 8.12. The molecule has 0 bridgehead atoms. The van der Waals surface area contributed by atoms with E-state index in [0.29, 0.717) is 26.2 Å². The van der Waals surface area contributed by atoms with Gasteiger partial charge >= 0.3 is 8.80 Å². The molecule has 0 spiro atoms. The molecule has 0 aliphatic rings. The van der Waals surface area contributed by atoms with Crippen molar-refractivity contribution in [2.75, 3.05) is 19.8 Å². The highest BCUT2D eigenvalue weighted by Crippen LogP contribution is 2.30. The van der Waals surface area contributed by atoms with Gasteiger partial charge in [-0.3, -0.25) is 9.59 Å². The van der Waals surface area contributed by atoms with Gasteiger partial charge in [0, 0.05) is 37.5 Å². The SMILES string of the molecule is CCCCCCCCCCCCC(=O)C(=O)SC(CCCCCCC)CC[Si](OCCCC)(OCCCC)OCCCC. The van der Waals surface area contributed by atoms with Crippen LogP contribution in [0.25, 0.3) is 0 Å². The van der Waals surface area contributed by atoms with Crippen molar-refractivity contribution in [2.24, 2.45) is 0 Å². The molecule has 256 valence electrons. The maximum absolute atomic E-state index is 13.1. The largest absolute Gasteiger partial charge is 0.500 e. The molecule has 0 saturated heterocycles. The van der Waals surface area contributed by atoms with Gasteiger partial charge in [-0.15, -0.1) is 0 Å². The Morgan fingerprint density at radius 2 is 0.907 bits per heavy atom. The molecule has 1 unspecified atom stereocenters. The van der Waals surface area contributed by atoms with Gasteiger partial charge in [-0.2, -0.15) is 0 Å². The molecule has 0 radical (unpaired) electrons. The zero-order chi connectivity index (χ0) is 31.9. The number of hydrogen-bond acceptors (Lipinski definition) is 6. The van der Waals surface area contributed by atoms with Crippen LogP contribution in [0.3, 0.4) is 0 Å². The third-order valence-corrected chi connectivity index (χ3v) is 12.2. The fourth-order valence-corrected chi connectivity index (χ4v) is 9.14. The van der Waals surface area contributed by atoms with Gasteiger partial charge in [0.15, 0.2) is 0 Å². The zero-order valence-corrected chi connectivity index (χ0v) is 31.1. The number of carbonyl (C=O) groups excluding carboxylic acids is 2. The van der Waals surface area contributed by atoms with Gasteiger partial charge in [0.2, 0.25) is 5.78 Å². The van der Waals surface area contributed by atoms with Crippen molar-refractivity contribution in [3.8, 4) is 0 Å². The van der Waals surface area contributed by atoms with Crippen LogP contribution in [-0.2, 0) is 22.9 Å². The first-order chi connectivity index (χ1) is 21.0. The predicted octanol–water partition coefficient (Wildman–Crippen LogP) is 11.6. The molecule has 0 aromatic carbocycles. The van der Waals surface area contributed by atoms with Gasteiger partial charge in [0.25, 0.3) is 5.12 Å². The van der Waals surface area contributed by atoms with E-state index in [0.717, 1.165) is 76.7 Å². The molecule has 1 atom stereocenters. The van der Waals surface area contributed by atoms with Crippen molar-refractivity contribution in [1.29, 1.82) is 0 Å². The summed E-state index contributed by atoms with van der Waals surface area (Å²) in [6.45, 7) is 13.0. The lowest BCUT2D eigenvalue weighted by Crippen LogP contribution is -2.47. The summed E-state index contributed by atoms with van der Waals surface area (Å²) in [5, 5.41) is -0.135. The fraction of sp³-hybridized carbons (Fsp3) is 0.944. The number of hydrogen-bond donors (Lipinski definition) is 0. The fourth-order valence-electron chi connectivity index (χ4n) is 5.13. The summed E-state index contributed by atoms with van der Waals surface area (Å²) >= 11 is 1.29. The van der Waals surface area contributed by atoms with Crippen molar-refractivity contribution >= 4 is 31.5 Å². The lowest BCUT2D eigenvalue weighted by molar-refractivity contribution is -0.131. The minimum atomic E-state index is -2.86. The van der Waals surface area contributed by atoms with E-state index in [2.05, 4.69) is 34.6 Å². The average Bonchev–Trinajstić information content (AvgIpc) is 3.00. The molecule has 0 heterocycles. The van der Waals surface area contributed by atoms with E-state index in [1.807, 2.05) is 0 Å². The topological polar surface area (TPSA) is 61.8 Å². The number of thioether (sulfide) groups is 1. The van der Waals surface area contributed by atoms with Crippen LogP contribution < -0.4 is 0 Å². The second-order valence-corrected chi connectivity index (χ2v) is 16.4. The van der Waals surface area contributed by atoms with E-state index < -0.39 is 8.80 Å². The van der Waals surface area contributed by atoms with E-state index in [1.54, 1.807) is 0 Å². The summed E-state index contributed by atoms with van der Waals surface area (Å²) in [6, 6.07) is 0.719. The minimum absolute atomic E-state index is 0.108. The number of ketones is 1. The van der Waals surface area contributed by atoms with Gasteiger partial charge < -0.3 is 13.3 Å². The molecule has 43 heavy (non-hydrogen) atoms. The van der Waals surface area contributed by atoms with Crippen LogP contribution in [0.5, 0.6) is 0 Å². The van der Waals surface area contributed by atoms with Crippen molar-refractivity contribution in [1.82, 2.24) is 0 Å². The molecule has 0 fully saturated rings. The molecule has 0 aliphatic carbocycles. The first-order valence-electron chi connectivity index (χ1n) is 18.6.